The summed E-state index contributed by atoms with van der Waals surface area (Å²) in [7, 11) is 0. The van der Waals surface area contributed by atoms with Gasteiger partial charge in [0.15, 0.2) is 0 Å². The molecule has 4 aromatic rings. The summed E-state index contributed by atoms with van der Waals surface area (Å²) in [5.74, 6) is 1.70. The minimum atomic E-state index is -1.26. The third kappa shape index (κ3) is 3.62. The van der Waals surface area contributed by atoms with E-state index in [4.69, 9.17) is 9.97 Å². The van der Waals surface area contributed by atoms with Crippen LogP contribution >= 0.6 is 19.8 Å². The van der Waals surface area contributed by atoms with E-state index in [9.17, 15) is 4.79 Å². The molecule has 0 spiro atoms. The summed E-state index contributed by atoms with van der Waals surface area (Å²) in [6.45, 7) is 2.31. The fourth-order valence-electron chi connectivity index (χ4n) is 5.15. The maximum atomic E-state index is 12.8. The number of aromatic nitrogens is 6. The summed E-state index contributed by atoms with van der Waals surface area (Å²) in [5.41, 5.74) is 3.76. The van der Waals surface area contributed by atoms with Crippen LogP contribution in [0.3, 0.4) is 0 Å². The minimum absolute atomic E-state index is 0.0471. The van der Waals surface area contributed by atoms with Crippen molar-refractivity contribution in [3.63, 3.8) is 0 Å². The second kappa shape index (κ2) is 8.20. The molecule has 1 aliphatic carbocycles. The number of fused-ring (bicyclic) bond motifs is 2. The Morgan fingerprint density at radius 3 is 2.75 bits per heavy atom. The predicted octanol–water partition coefficient (Wildman–Crippen LogP) is 4.62. The van der Waals surface area contributed by atoms with E-state index >= 15 is 0 Å². The van der Waals surface area contributed by atoms with Crippen LogP contribution in [-0.2, 0) is 4.43 Å². The Labute approximate surface area is 193 Å². The van der Waals surface area contributed by atoms with E-state index in [1.165, 1.54) is 17.3 Å². The maximum absolute atomic E-state index is 12.8. The number of nitrogens with zero attached hydrogens (tertiary/aromatic N) is 5. The van der Waals surface area contributed by atoms with Gasteiger partial charge in [-0.3, -0.25) is 0 Å². The zero-order chi connectivity index (χ0) is 21.7. The van der Waals surface area contributed by atoms with E-state index in [1.54, 1.807) is 6.20 Å². The molecule has 1 aromatic carbocycles. The van der Waals surface area contributed by atoms with E-state index in [-0.39, 0.29) is 5.56 Å². The number of nitrogens with one attached hydrogen (secondary N) is 1. The van der Waals surface area contributed by atoms with Crippen molar-refractivity contribution in [2.75, 3.05) is 8.86 Å². The molecule has 2 fully saturated rings. The summed E-state index contributed by atoms with van der Waals surface area (Å²) in [4.78, 5) is 30.4. The molecule has 6 rings (SSSR count). The van der Waals surface area contributed by atoms with Crippen molar-refractivity contribution < 1.29 is 0 Å². The summed E-state index contributed by atoms with van der Waals surface area (Å²) in [6.07, 6.45) is 8.36. The van der Waals surface area contributed by atoms with Crippen LogP contribution < -0.4 is 5.56 Å². The first-order valence-electron chi connectivity index (χ1n) is 11.4. The first-order valence-corrected chi connectivity index (χ1v) is 16.0. The zero-order valence-corrected chi connectivity index (χ0v) is 20.3. The Morgan fingerprint density at radius 1 is 1.09 bits per heavy atom. The van der Waals surface area contributed by atoms with Gasteiger partial charge in [0.2, 0.25) is 0 Å². The van der Waals surface area contributed by atoms with Gasteiger partial charge in [-0.2, -0.15) is 0 Å². The second-order valence-corrected chi connectivity index (χ2v) is 14.9. The number of hydrogen-bond donors (Lipinski definition) is 1. The topological polar surface area (TPSA) is 89.3 Å². The van der Waals surface area contributed by atoms with Crippen LogP contribution in [0.4, 0.5) is 0 Å². The van der Waals surface area contributed by atoms with E-state index in [0.717, 1.165) is 49.9 Å². The van der Waals surface area contributed by atoms with Gasteiger partial charge in [0.05, 0.1) is 0 Å². The summed E-state index contributed by atoms with van der Waals surface area (Å²) < 4.78 is 5.50. The van der Waals surface area contributed by atoms with Crippen LogP contribution in [-0.4, -0.2) is 38.6 Å². The van der Waals surface area contributed by atoms with Crippen molar-refractivity contribution in [1.29, 1.82) is 0 Å². The average molecular weight is 542 g/mol. The van der Waals surface area contributed by atoms with Crippen molar-refractivity contribution in [1.82, 2.24) is 29.7 Å². The molecule has 1 saturated carbocycles. The first kappa shape index (κ1) is 20.3. The third-order valence-corrected chi connectivity index (χ3v) is 13.6. The molecule has 0 radical (unpaired) electrons. The molecule has 4 heterocycles. The molecular weight excluding hydrogens is 515 g/mol. The normalized spacial score (nSPS) is 23.0. The number of halogens is 1. The molecule has 166 valence electrons. The number of aromatic amines is 1. The Bertz CT molecular complexity index is 1340. The number of rotatable bonds is 4. The van der Waals surface area contributed by atoms with E-state index < -0.39 is 19.8 Å². The average Bonchev–Trinajstić information content (AvgIpc) is 3.53. The first-order chi connectivity index (χ1) is 15.7. The Hall–Kier alpha value is -2.36. The van der Waals surface area contributed by atoms with Gasteiger partial charge in [0, 0.05) is 0 Å². The van der Waals surface area contributed by atoms with Crippen molar-refractivity contribution in [3.8, 4) is 0 Å². The van der Waals surface area contributed by atoms with Crippen LogP contribution in [0.2, 0.25) is 0 Å². The third-order valence-electron chi connectivity index (χ3n) is 6.86. The number of hydrogen-bond acceptors (Lipinski definition) is 5. The molecule has 2 atom stereocenters. The number of alkyl halides is 3. The molecule has 2 aliphatic rings. The Morgan fingerprint density at radius 2 is 1.91 bits per heavy atom. The van der Waals surface area contributed by atoms with Crippen molar-refractivity contribution >= 4 is 41.9 Å². The van der Waals surface area contributed by atoms with Gasteiger partial charge >= 0.3 is 194 Å². The summed E-state index contributed by atoms with van der Waals surface area (Å²) in [6, 6.07) is 8.44. The number of para-hydroxylation sites is 2. The van der Waals surface area contributed by atoms with E-state index in [2.05, 4.69) is 22.0 Å². The molecule has 0 unspecified atom stereocenters. The van der Waals surface area contributed by atoms with E-state index in [0.29, 0.717) is 23.3 Å². The van der Waals surface area contributed by atoms with Crippen LogP contribution in [0.15, 0.2) is 41.5 Å². The Kier molecular flexibility index (Phi) is 5.20. The Balaban J connectivity index is 1.27. The van der Waals surface area contributed by atoms with Crippen LogP contribution in [0.1, 0.15) is 56.1 Å². The second-order valence-electron chi connectivity index (χ2n) is 9.16. The molecule has 0 amide bonds. The van der Waals surface area contributed by atoms with Crippen LogP contribution in [0.5, 0.6) is 0 Å². The molecular formula is C24H27IN6O. The van der Waals surface area contributed by atoms with Gasteiger partial charge in [-0.05, 0) is 0 Å². The quantitative estimate of drug-likeness (QED) is 0.301. The zero-order valence-electron chi connectivity index (χ0n) is 18.2. The van der Waals surface area contributed by atoms with Crippen LogP contribution in [0, 0.1) is 5.92 Å². The molecule has 1 saturated heterocycles. The standard InChI is InChI=1S/C24H27IN6O/c1-15-10-25(11-16-13-26-20-8-4-5-9-21(20)28-16)12-18(15)22-29-23-19(24(32)30-22)14-27-31(23)17-6-2-3-7-17/h4-5,8-9,13-15,17-18H,2-3,6-7,10-12H2,1H3,(H,29,30,32)/t15-,18-/m1/s1. The summed E-state index contributed by atoms with van der Waals surface area (Å²) in [5, 5.41) is 5.17. The molecule has 7 nitrogen and oxygen atoms in total. The molecule has 3 aromatic heterocycles. The van der Waals surface area contributed by atoms with Gasteiger partial charge in [0.25, 0.3) is 0 Å². The number of H-pyrrole nitrogens is 1. The number of benzene rings is 1. The fourth-order valence-corrected chi connectivity index (χ4v) is 12.8. The predicted molar refractivity (Wildman–Crippen MR) is 135 cm³/mol. The van der Waals surface area contributed by atoms with Crippen LogP contribution in [0.25, 0.3) is 22.1 Å². The molecule has 32 heavy (non-hydrogen) atoms. The van der Waals surface area contributed by atoms with Crippen molar-refractivity contribution in [3.05, 3.63) is 58.5 Å². The SMILES string of the molecule is C[C@@H]1CI(Cc2cnc3ccccc3n2)C[C@H]1c1nc2c(cnn2C2CCCC2)c(=O)[nH]1. The molecule has 1 aliphatic heterocycles. The molecule has 0 bridgehead atoms. The molecule has 1 N–H and O–H groups in total. The summed E-state index contributed by atoms with van der Waals surface area (Å²) >= 11 is -1.26. The van der Waals surface area contributed by atoms with Gasteiger partial charge in [0.1, 0.15) is 0 Å². The van der Waals surface area contributed by atoms with Gasteiger partial charge < -0.3 is 0 Å². The van der Waals surface area contributed by atoms with Gasteiger partial charge in [-0.1, -0.05) is 0 Å². The molecule has 8 heteroatoms. The fraction of sp³-hybridized carbons (Fsp3) is 0.458. The van der Waals surface area contributed by atoms with Gasteiger partial charge in [-0.15, -0.1) is 0 Å². The van der Waals surface area contributed by atoms with Crippen molar-refractivity contribution in [2.24, 2.45) is 5.92 Å². The van der Waals surface area contributed by atoms with E-state index in [1.807, 2.05) is 35.1 Å². The monoisotopic (exact) mass is 542 g/mol. The van der Waals surface area contributed by atoms with Gasteiger partial charge in [-0.25, -0.2) is 0 Å². The van der Waals surface area contributed by atoms with Crippen molar-refractivity contribution in [2.45, 2.75) is 49.0 Å².